The molecule has 0 spiro atoms. The van der Waals surface area contributed by atoms with Gasteiger partial charge in [0.1, 0.15) is 0 Å². The van der Waals surface area contributed by atoms with Gasteiger partial charge in [0.25, 0.3) is 0 Å². The molecule has 2 atom stereocenters. The number of rotatable bonds is 14. The molecule has 2 heteroatoms. The fraction of sp³-hybridized carbons (Fsp3) is 0.632. The van der Waals surface area contributed by atoms with Crippen LogP contribution in [-0.4, -0.2) is 0 Å². The Hall–Kier alpha value is -1.38. The van der Waals surface area contributed by atoms with Crippen LogP contribution >= 0.6 is 22.7 Å². The Morgan fingerprint density at radius 2 is 0.975 bits per heavy atom. The average molecular weight is 575 g/mol. The van der Waals surface area contributed by atoms with Crippen LogP contribution in [0.15, 0.2) is 24.3 Å². The lowest BCUT2D eigenvalue weighted by Crippen LogP contribution is -2.10. The van der Waals surface area contributed by atoms with E-state index in [0.29, 0.717) is 0 Å². The quantitative estimate of drug-likeness (QED) is 0.180. The number of benzene rings is 1. The van der Waals surface area contributed by atoms with Crippen LogP contribution in [0, 0.1) is 23.7 Å². The number of thiophene rings is 2. The van der Waals surface area contributed by atoms with Crippen molar-refractivity contribution in [1.82, 2.24) is 0 Å². The second-order valence-electron chi connectivity index (χ2n) is 14.2. The standard InChI is InChI=1S/C38H54S2/c1-25(2)9-7-11-27(5)13-17-31-23-29-15-19-33-34-20-16-30-24-32(18-14-28(6)12-8-10-26(3)4)40-38(30)36(34)22-21-35(33)37(29)39-31/h21-28H,7-20H2,1-6H3. The molecule has 0 aliphatic heterocycles. The second-order valence-corrected chi connectivity index (χ2v) is 16.5. The van der Waals surface area contributed by atoms with Crippen molar-refractivity contribution in [3.63, 3.8) is 0 Å². The minimum atomic E-state index is 0.841. The third-order valence-electron chi connectivity index (χ3n) is 9.65. The molecule has 0 nitrogen and oxygen atoms in total. The first-order chi connectivity index (χ1) is 19.3. The highest BCUT2D eigenvalue weighted by Crippen LogP contribution is 2.47. The summed E-state index contributed by atoms with van der Waals surface area (Å²) in [5.74, 6) is 3.37. The van der Waals surface area contributed by atoms with E-state index in [2.05, 4.69) is 88.5 Å². The van der Waals surface area contributed by atoms with E-state index in [0.717, 1.165) is 23.7 Å². The molecule has 0 N–H and O–H groups in total. The predicted molar refractivity (Wildman–Crippen MR) is 180 cm³/mol. The van der Waals surface area contributed by atoms with Gasteiger partial charge in [-0.3, -0.25) is 0 Å². The number of hydrogen-bond acceptors (Lipinski definition) is 2. The highest BCUT2D eigenvalue weighted by Gasteiger charge is 2.27. The first-order valence-corrected chi connectivity index (χ1v) is 18.3. The van der Waals surface area contributed by atoms with Gasteiger partial charge in [-0.25, -0.2) is 0 Å². The van der Waals surface area contributed by atoms with Crippen molar-refractivity contribution in [3.8, 4) is 20.9 Å². The summed E-state index contributed by atoms with van der Waals surface area (Å²) in [6.45, 7) is 14.3. The normalized spacial score (nSPS) is 15.6. The first-order valence-electron chi connectivity index (χ1n) is 16.7. The molecule has 0 fully saturated rings. The molecule has 40 heavy (non-hydrogen) atoms. The third-order valence-corrected chi connectivity index (χ3v) is 12.2. The lowest BCUT2D eigenvalue weighted by atomic mass is 9.81. The molecule has 218 valence electrons. The molecule has 3 aromatic rings. The Bertz CT molecular complexity index is 1160. The van der Waals surface area contributed by atoms with E-state index >= 15 is 0 Å². The fourth-order valence-corrected chi connectivity index (χ4v) is 9.62. The molecule has 0 bridgehead atoms. The zero-order valence-electron chi connectivity index (χ0n) is 26.3. The summed E-state index contributed by atoms with van der Waals surface area (Å²) in [6.07, 6.45) is 18.5. The fourth-order valence-electron chi connectivity index (χ4n) is 7.07. The SMILES string of the molecule is CC(C)CCCC(C)CCc1cc2c(s1)-c1ccc3c(c1CC2)CCc1cc(CCC(C)CCCC(C)C)sc1-3. The molecule has 0 amide bonds. The maximum absolute atomic E-state index is 2.57. The number of hydrogen-bond donors (Lipinski definition) is 0. The molecular weight excluding hydrogens is 521 g/mol. The Balaban J connectivity index is 1.24. The van der Waals surface area contributed by atoms with Crippen molar-refractivity contribution >= 4 is 22.7 Å². The second kappa shape index (κ2) is 13.7. The van der Waals surface area contributed by atoms with Gasteiger partial charge in [-0.1, -0.05) is 92.2 Å². The highest BCUT2D eigenvalue weighted by atomic mass is 32.1. The lowest BCUT2D eigenvalue weighted by molar-refractivity contribution is 0.437. The van der Waals surface area contributed by atoms with Gasteiger partial charge < -0.3 is 0 Å². The van der Waals surface area contributed by atoms with Crippen molar-refractivity contribution in [2.24, 2.45) is 23.7 Å². The van der Waals surface area contributed by atoms with E-state index in [9.17, 15) is 0 Å². The molecule has 2 aliphatic rings. The van der Waals surface area contributed by atoms with Crippen LogP contribution in [0.4, 0.5) is 0 Å². The summed E-state index contributed by atoms with van der Waals surface area (Å²) < 4.78 is 0. The van der Waals surface area contributed by atoms with Crippen LogP contribution in [0.25, 0.3) is 20.9 Å². The van der Waals surface area contributed by atoms with Crippen LogP contribution < -0.4 is 0 Å². The average Bonchev–Trinajstić information content (AvgIpc) is 3.54. The minimum absolute atomic E-state index is 0.841. The van der Waals surface area contributed by atoms with E-state index in [1.165, 1.54) is 89.9 Å². The molecule has 0 saturated heterocycles. The first kappa shape index (κ1) is 30.1. The van der Waals surface area contributed by atoms with Crippen LogP contribution in [0.1, 0.15) is 125 Å². The topological polar surface area (TPSA) is 0 Å². The smallest absolute Gasteiger partial charge is 0.0380 e. The van der Waals surface area contributed by atoms with E-state index in [1.807, 2.05) is 0 Å². The zero-order chi connectivity index (χ0) is 28.2. The summed E-state index contributed by atoms with van der Waals surface area (Å²) in [5.41, 5.74) is 9.74. The minimum Gasteiger partial charge on any atom is -0.140 e. The van der Waals surface area contributed by atoms with Gasteiger partial charge in [0.05, 0.1) is 0 Å². The van der Waals surface area contributed by atoms with Crippen LogP contribution in [-0.2, 0) is 38.5 Å². The van der Waals surface area contributed by atoms with Crippen molar-refractivity contribution in [2.45, 2.75) is 131 Å². The van der Waals surface area contributed by atoms with Gasteiger partial charge in [0.2, 0.25) is 0 Å². The molecule has 2 aromatic heterocycles. The van der Waals surface area contributed by atoms with E-state index in [-0.39, 0.29) is 0 Å². The van der Waals surface area contributed by atoms with Crippen LogP contribution in [0.3, 0.4) is 0 Å². The van der Waals surface area contributed by atoms with Crippen molar-refractivity contribution in [1.29, 1.82) is 0 Å². The van der Waals surface area contributed by atoms with Crippen molar-refractivity contribution < 1.29 is 0 Å². The molecule has 1 aromatic carbocycles. The molecule has 0 saturated carbocycles. The van der Waals surface area contributed by atoms with Gasteiger partial charge in [0, 0.05) is 19.5 Å². The molecule has 2 unspecified atom stereocenters. The maximum atomic E-state index is 2.57. The largest absolute Gasteiger partial charge is 0.140 e. The monoisotopic (exact) mass is 574 g/mol. The van der Waals surface area contributed by atoms with Gasteiger partial charge >= 0.3 is 0 Å². The molecule has 5 rings (SSSR count). The summed E-state index contributed by atoms with van der Waals surface area (Å²) in [7, 11) is 0. The predicted octanol–water partition coefficient (Wildman–Crippen LogP) is 12.1. The van der Waals surface area contributed by atoms with Gasteiger partial charge in [-0.15, -0.1) is 22.7 Å². The summed E-state index contributed by atoms with van der Waals surface area (Å²) in [6, 6.07) is 10.1. The zero-order valence-corrected chi connectivity index (χ0v) is 28.0. The van der Waals surface area contributed by atoms with E-state index in [1.54, 1.807) is 52.9 Å². The van der Waals surface area contributed by atoms with E-state index in [4.69, 9.17) is 0 Å². The van der Waals surface area contributed by atoms with Gasteiger partial charge in [-0.2, -0.15) is 0 Å². The molecule has 0 radical (unpaired) electrons. The third kappa shape index (κ3) is 7.33. The summed E-state index contributed by atoms with van der Waals surface area (Å²) >= 11 is 4.22. The van der Waals surface area contributed by atoms with Crippen LogP contribution in [0.5, 0.6) is 0 Å². The molecular formula is C38H54S2. The number of aryl methyl sites for hydroxylation is 4. The van der Waals surface area contributed by atoms with Gasteiger partial charge in [-0.05, 0) is 121 Å². The van der Waals surface area contributed by atoms with E-state index < -0.39 is 0 Å². The number of fused-ring (bicyclic) bond motifs is 7. The Kier molecular flexibility index (Phi) is 10.3. The van der Waals surface area contributed by atoms with Crippen LogP contribution in [0.2, 0.25) is 0 Å². The highest BCUT2D eigenvalue weighted by molar-refractivity contribution is 7.16. The van der Waals surface area contributed by atoms with Crippen molar-refractivity contribution in [2.75, 3.05) is 0 Å². The molecule has 2 aliphatic carbocycles. The Morgan fingerprint density at radius 3 is 1.38 bits per heavy atom. The lowest BCUT2D eigenvalue weighted by Gasteiger charge is -2.25. The molecule has 2 heterocycles. The Labute approximate surface area is 254 Å². The maximum Gasteiger partial charge on any atom is 0.0380 e. The van der Waals surface area contributed by atoms with Crippen molar-refractivity contribution in [3.05, 3.63) is 56.3 Å². The summed E-state index contributed by atoms with van der Waals surface area (Å²) in [4.78, 5) is 6.43. The summed E-state index contributed by atoms with van der Waals surface area (Å²) in [5, 5.41) is 0. The van der Waals surface area contributed by atoms with Gasteiger partial charge in [0.15, 0.2) is 0 Å². The Morgan fingerprint density at radius 1 is 0.550 bits per heavy atom.